The van der Waals surface area contributed by atoms with E-state index in [4.69, 9.17) is 9.47 Å². The predicted octanol–water partition coefficient (Wildman–Crippen LogP) is 4.26. The van der Waals surface area contributed by atoms with Gasteiger partial charge in [0, 0.05) is 6.54 Å². The number of anilines is 1. The second-order valence-electron chi connectivity index (χ2n) is 8.01. The van der Waals surface area contributed by atoms with Gasteiger partial charge in [-0.3, -0.25) is 9.10 Å². The monoisotopic (exact) mass is 480 g/mol. The lowest BCUT2D eigenvalue weighted by Crippen LogP contribution is -2.43. The Bertz CT molecular complexity index is 1230. The molecule has 178 valence electrons. The Hall–Kier alpha value is -3.52. The number of sulfonamides is 1. The van der Waals surface area contributed by atoms with Gasteiger partial charge in [0.2, 0.25) is 5.91 Å². The van der Waals surface area contributed by atoms with Gasteiger partial charge < -0.3 is 14.4 Å². The van der Waals surface area contributed by atoms with Crippen LogP contribution in [0, 0.1) is 0 Å². The lowest BCUT2D eigenvalue weighted by molar-refractivity contribution is -0.130. The third-order valence-corrected chi connectivity index (χ3v) is 7.81. The summed E-state index contributed by atoms with van der Waals surface area (Å²) >= 11 is 0. The molecule has 0 N–H and O–H groups in total. The molecule has 1 saturated heterocycles. The molecule has 1 fully saturated rings. The topological polar surface area (TPSA) is 76.2 Å². The Kier molecular flexibility index (Phi) is 7.07. The summed E-state index contributed by atoms with van der Waals surface area (Å²) < 4.78 is 39.3. The molecule has 0 aliphatic carbocycles. The molecule has 1 atom stereocenters. The first-order chi connectivity index (χ1) is 16.5. The van der Waals surface area contributed by atoms with Crippen molar-refractivity contribution in [1.82, 2.24) is 4.90 Å². The molecule has 7 nitrogen and oxygen atoms in total. The standard InChI is InChI=1S/C26H28N2O5S/c1-32-21-14-16-22(17-15-21)34(30,31)28(24-11-6-7-13-25(24)33-2)19-26(29)27-18-8-12-23(27)20-9-4-3-5-10-20/h3-7,9-11,13-17,23H,8,12,18-19H2,1-2H3. The number of para-hydroxylation sites is 2. The fourth-order valence-corrected chi connectivity index (χ4v) is 5.74. The molecule has 3 aromatic carbocycles. The maximum atomic E-state index is 13.8. The summed E-state index contributed by atoms with van der Waals surface area (Å²) in [7, 11) is -1.07. The van der Waals surface area contributed by atoms with Crippen molar-refractivity contribution in [3.8, 4) is 11.5 Å². The van der Waals surface area contributed by atoms with E-state index in [-0.39, 0.29) is 23.4 Å². The number of benzene rings is 3. The van der Waals surface area contributed by atoms with Gasteiger partial charge in [0.25, 0.3) is 10.0 Å². The van der Waals surface area contributed by atoms with E-state index < -0.39 is 10.0 Å². The summed E-state index contributed by atoms with van der Waals surface area (Å²) in [6, 6.07) is 22.7. The van der Waals surface area contributed by atoms with Crippen molar-refractivity contribution in [2.75, 3.05) is 31.6 Å². The van der Waals surface area contributed by atoms with E-state index in [2.05, 4.69) is 0 Å². The van der Waals surface area contributed by atoms with Gasteiger partial charge >= 0.3 is 0 Å². The van der Waals surface area contributed by atoms with Gasteiger partial charge in [-0.15, -0.1) is 0 Å². The highest BCUT2D eigenvalue weighted by Crippen LogP contribution is 2.35. The average molecular weight is 481 g/mol. The van der Waals surface area contributed by atoms with Gasteiger partial charge in [-0.1, -0.05) is 42.5 Å². The summed E-state index contributed by atoms with van der Waals surface area (Å²) in [6.45, 7) is 0.249. The molecule has 1 aliphatic heterocycles. The third kappa shape index (κ3) is 4.72. The van der Waals surface area contributed by atoms with Crippen LogP contribution in [0.4, 0.5) is 5.69 Å². The highest BCUT2D eigenvalue weighted by atomic mass is 32.2. The molecule has 1 unspecified atom stereocenters. The van der Waals surface area contributed by atoms with E-state index in [1.54, 1.807) is 41.3 Å². The maximum absolute atomic E-state index is 13.8. The Morgan fingerprint density at radius 3 is 2.29 bits per heavy atom. The largest absolute Gasteiger partial charge is 0.497 e. The van der Waals surface area contributed by atoms with E-state index in [1.807, 2.05) is 30.3 Å². The first-order valence-electron chi connectivity index (χ1n) is 11.1. The molecule has 0 radical (unpaired) electrons. The molecule has 3 aromatic rings. The Balaban J connectivity index is 1.70. The van der Waals surface area contributed by atoms with E-state index in [1.165, 1.54) is 26.4 Å². The van der Waals surface area contributed by atoms with Crippen molar-refractivity contribution >= 4 is 21.6 Å². The number of nitrogens with zero attached hydrogens (tertiary/aromatic N) is 2. The van der Waals surface area contributed by atoms with E-state index in [0.717, 1.165) is 22.7 Å². The van der Waals surface area contributed by atoms with Crippen molar-refractivity contribution in [2.24, 2.45) is 0 Å². The Morgan fingerprint density at radius 1 is 0.941 bits per heavy atom. The predicted molar refractivity (Wildman–Crippen MR) is 131 cm³/mol. The van der Waals surface area contributed by atoms with Crippen LogP contribution in [0.25, 0.3) is 0 Å². The number of hydrogen-bond donors (Lipinski definition) is 0. The van der Waals surface area contributed by atoms with Gasteiger partial charge in [0.15, 0.2) is 0 Å². The van der Waals surface area contributed by atoms with Crippen molar-refractivity contribution in [3.05, 3.63) is 84.4 Å². The quantitative estimate of drug-likeness (QED) is 0.482. The first-order valence-corrected chi connectivity index (χ1v) is 12.5. The van der Waals surface area contributed by atoms with E-state index in [9.17, 15) is 13.2 Å². The molecule has 34 heavy (non-hydrogen) atoms. The maximum Gasteiger partial charge on any atom is 0.264 e. The number of hydrogen-bond acceptors (Lipinski definition) is 5. The van der Waals surface area contributed by atoms with Crippen molar-refractivity contribution < 1.29 is 22.7 Å². The molecule has 4 rings (SSSR count). The minimum atomic E-state index is -4.07. The Morgan fingerprint density at radius 2 is 1.62 bits per heavy atom. The van der Waals surface area contributed by atoms with Crippen LogP contribution in [0.15, 0.2) is 83.8 Å². The van der Waals surface area contributed by atoms with E-state index >= 15 is 0 Å². The fourth-order valence-electron chi connectivity index (χ4n) is 4.31. The van der Waals surface area contributed by atoms with Gasteiger partial charge in [-0.05, 0) is 54.8 Å². The zero-order chi connectivity index (χ0) is 24.1. The van der Waals surface area contributed by atoms with Crippen LogP contribution in [0.2, 0.25) is 0 Å². The molecule has 0 saturated carbocycles. The van der Waals surface area contributed by atoms with Crippen LogP contribution in [0.5, 0.6) is 11.5 Å². The van der Waals surface area contributed by atoms with Gasteiger partial charge in [-0.2, -0.15) is 0 Å². The second kappa shape index (κ2) is 10.2. The summed E-state index contributed by atoms with van der Waals surface area (Å²) in [5.74, 6) is 0.657. The number of methoxy groups -OCH3 is 2. The van der Waals surface area contributed by atoms with Crippen molar-refractivity contribution in [3.63, 3.8) is 0 Å². The average Bonchev–Trinajstić information content (AvgIpc) is 3.38. The van der Waals surface area contributed by atoms with Crippen molar-refractivity contribution in [2.45, 2.75) is 23.8 Å². The highest BCUT2D eigenvalue weighted by molar-refractivity contribution is 7.92. The molecular weight excluding hydrogens is 452 g/mol. The summed E-state index contributed by atoms with van der Waals surface area (Å²) in [6.07, 6.45) is 1.71. The fraction of sp³-hybridized carbons (Fsp3) is 0.269. The minimum absolute atomic E-state index is 0.0630. The van der Waals surface area contributed by atoms with Crippen LogP contribution < -0.4 is 13.8 Å². The molecular formula is C26H28N2O5S. The number of carbonyl (C=O) groups excluding carboxylic acids is 1. The zero-order valence-corrected chi connectivity index (χ0v) is 20.1. The summed E-state index contributed by atoms with van der Waals surface area (Å²) in [4.78, 5) is 15.4. The number of rotatable bonds is 8. The van der Waals surface area contributed by atoms with Crippen LogP contribution >= 0.6 is 0 Å². The number of carbonyl (C=O) groups is 1. The number of likely N-dealkylation sites (tertiary alicyclic amines) is 1. The zero-order valence-electron chi connectivity index (χ0n) is 19.3. The summed E-state index contributed by atoms with van der Waals surface area (Å²) in [5, 5.41) is 0. The lowest BCUT2D eigenvalue weighted by Gasteiger charge is -2.30. The third-order valence-electron chi connectivity index (χ3n) is 6.04. The number of amides is 1. The van der Waals surface area contributed by atoms with Crippen LogP contribution in [-0.4, -0.2) is 46.5 Å². The Labute approximate surface area is 200 Å². The van der Waals surface area contributed by atoms with E-state index in [0.29, 0.717) is 23.7 Å². The highest BCUT2D eigenvalue weighted by Gasteiger charge is 2.35. The van der Waals surface area contributed by atoms with Gasteiger partial charge in [-0.25, -0.2) is 8.42 Å². The van der Waals surface area contributed by atoms with Gasteiger partial charge in [0.05, 0.1) is 30.8 Å². The second-order valence-corrected chi connectivity index (χ2v) is 9.88. The SMILES string of the molecule is COc1ccc(S(=O)(=O)N(CC(=O)N2CCCC2c2ccccc2)c2ccccc2OC)cc1. The first kappa shape index (κ1) is 23.6. The molecule has 0 aromatic heterocycles. The van der Waals surface area contributed by atoms with Crippen LogP contribution in [-0.2, 0) is 14.8 Å². The minimum Gasteiger partial charge on any atom is -0.497 e. The summed E-state index contributed by atoms with van der Waals surface area (Å²) in [5.41, 5.74) is 1.36. The normalized spacial score (nSPS) is 15.7. The molecule has 1 heterocycles. The lowest BCUT2D eigenvalue weighted by atomic mass is 10.0. The van der Waals surface area contributed by atoms with Crippen LogP contribution in [0.1, 0.15) is 24.4 Å². The smallest absolute Gasteiger partial charge is 0.264 e. The molecule has 0 spiro atoms. The molecule has 0 bridgehead atoms. The number of ether oxygens (including phenoxy) is 2. The molecule has 1 aliphatic rings. The van der Waals surface area contributed by atoms with Gasteiger partial charge in [0.1, 0.15) is 18.0 Å². The molecule has 8 heteroatoms. The van der Waals surface area contributed by atoms with Crippen molar-refractivity contribution in [1.29, 1.82) is 0 Å². The van der Waals surface area contributed by atoms with Crippen LogP contribution in [0.3, 0.4) is 0 Å². The molecule has 1 amide bonds.